The van der Waals surface area contributed by atoms with E-state index in [4.69, 9.17) is 16.1 Å². The van der Waals surface area contributed by atoms with Gasteiger partial charge in [-0.05, 0) is 18.5 Å². The van der Waals surface area contributed by atoms with Gasteiger partial charge in [0.25, 0.3) is 5.91 Å². The molecule has 2 aromatic rings. The van der Waals surface area contributed by atoms with E-state index in [0.717, 1.165) is 11.3 Å². The second-order valence-electron chi connectivity index (χ2n) is 2.65. The van der Waals surface area contributed by atoms with E-state index in [1.165, 1.54) is 0 Å². The van der Waals surface area contributed by atoms with E-state index in [2.05, 4.69) is 20.7 Å². The van der Waals surface area contributed by atoms with Crippen LogP contribution in [0.2, 0.25) is 4.47 Å². The van der Waals surface area contributed by atoms with E-state index in [9.17, 15) is 4.79 Å². The van der Waals surface area contributed by atoms with Crippen LogP contribution in [0.3, 0.4) is 0 Å². The minimum Gasteiger partial charge on any atom is -0.338 e. The zero-order valence-electron chi connectivity index (χ0n) is 7.52. The normalized spacial score (nSPS) is 10.3. The first-order valence-corrected chi connectivity index (χ1v) is 5.08. The van der Waals surface area contributed by atoms with Gasteiger partial charge in [-0.3, -0.25) is 10.1 Å². The van der Waals surface area contributed by atoms with Crippen LogP contribution in [-0.2, 0) is 0 Å². The Bertz CT molecular complexity index is 495. The lowest BCUT2D eigenvalue weighted by Gasteiger charge is -1.94. The lowest BCUT2D eigenvalue weighted by molar-refractivity contribution is 0.102. The summed E-state index contributed by atoms with van der Waals surface area (Å²) in [5, 5.41) is 13.4. The van der Waals surface area contributed by atoms with Crippen molar-refractivity contribution in [2.45, 2.75) is 6.92 Å². The maximum atomic E-state index is 11.5. The molecular formula is C7H5ClN4O2S. The van der Waals surface area contributed by atoms with Gasteiger partial charge in [0, 0.05) is 6.07 Å². The van der Waals surface area contributed by atoms with Gasteiger partial charge in [-0.25, -0.2) is 0 Å². The van der Waals surface area contributed by atoms with Gasteiger partial charge in [0.1, 0.15) is 0 Å². The zero-order chi connectivity index (χ0) is 10.8. The summed E-state index contributed by atoms with van der Waals surface area (Å²) in [5.74, 6) is -0.153. The molecule has 0 saturated heterocycles. The van der Waals surface area contributed by atoms with Gasteiger partial charge in [-0.15, -0.1) is 10.2 Å². The quantitative estimate of drug-likeness (QED) is 0.870. The van der Waals surface area contributed by atoms with Gasteiger partial charge in [-0.1, -0.05) is 16.5 Å². The monoisotopic (exact) mass is 244 g/mol. The molecule has 0 fully saturated rings. The SMILES string of the molecule is Cc1cc(NC(=O)c2nnc(Cl)s2)on1. The van der Waals surface area contributed by atoms with Gasteiger partial charge in [0.2, 0.25) is 15.4 Å². The maximum Gasteiger partial charge on any atom is 0.289 e. The predicted molar refractivity (Wildman–Crippen MR) is 54.1 cm³/mol. The molecule has 1 amide bonds. The molecule has 78 valence electrons. The number of aryl methyl sites for hydroxylation is 1. The highest BCUT2D eigenvalue weighted by atomic mass is 35.5. The molecule has 0 spiro atoms. The molecule has 15 heavy (non-hydrogen) atoms. The smallest absolute Gasteiger partial charge is 0.289 e. The van der Waals surface area contributed by atoms with Crippen LogP contribution in [0.25, 0.3) is 0 Å². The minimum absolute atomic E-state index is 0.175. The molecule has 0 aliphatic heterocycles. The highest BCUT2D eigenvalue weighted by Crippen LogP contribution is 2.16. The first-order valence-electron chi connectivity index (χ1n) is 3.89. The van der Waals surface area contributed by atoms with Gasteiger partial charge in [-0.2, -0.15) is 0 Å². The Kier molecular flexibility index (Phi) is 2.65. The van der Waals surface area contributed by atoms with Crippen molar-refractivity contribution in [2.24, 2.45) is 0 Å². The lowest BCUT2D eigenvalue weighted by atomic mass is 10.5. The van der Waals surface area contributed by atoms with E-state index in [1.807, 2.05) is 0 Å². The van der Waals surface area contributed by atoms with Crippen molar-refractivity contribution in [3.63, 3.8) is 0 Å². The fourth-order valence-electron chi connectivity index (χ4n) is 0.885. The summed E-state index contributed by atoms with van der Waals surface area (Å²) < 4.78 is 5.02. The topological polar surface area (TPSA) is 80.9 Å². The molecule has 2 aromatic heterocycles. The number of hydrogen-bond donors (Lipinski definition) is 1. The third-order valence-corrected chi connectivity index (χ3v) is 2.48. The highest BCUT2D eigenvalue weighted by molar-refractivity contribution is 7.17. The summed E-state index contributed by atoms with van der Waals surface area (Å²) in [4.78, 5) is 11.5. The van der Waals surface area contributed by atoms with Crippen molar-refractivity contribution in [1.29, 1.82) is 0 Å². The molecule has 2 heterocycles. The average molecular weight is 245 g/mol. The standard InChI is InChI=1S/C7H5ClN4O2S/c1-3-2-4(14-12-3)9-5(13)6-10-11-7(8)15-6/h2H,1H3,(H,9,13). The number of aromatic nitrogens is 3. The molecule has 0 aliphatic carbocycles. The molecule has 1 N–H and O–H groups in total. The Hall–Kier alpha value is -1.47. The third-order valence-electron chi connectivity index (χ3n) is 1.46. The molecule has 0 atom stereocenters. The van der Waals surface area contributed by atoms with E-state index in [-0.39, 0.29) is 15.4 Å². The molecule has 0 radical (unpaired) electrons. The Labute approximate surface area is 93.2 Å². The van der Waals surface area contributed by atoms with Gasteiger partial charge < -0.3 is 4.52 Å². The maximum absolute atomic E-state index is 11.5. The summed E-state index contributed by atoms with van der Waals surface area (Å²) in [6, 6.07) is 1.60. The minimum atomic E-state index is -0.421. The summed E-state index contributed by atoms with van der Waals surface area (Å²) in [7, 11) is 0. The first-order chi connectivity index (χ1) is 7.15. The summed E-state index contributed by atoms with van der Waals surface area (Å²) in [6.07, 6.45) is 0. The van der Waals surface area contributed by atoms with Crippen molar-refractivity contribution in [3.05, 3.63) is 21.2 Å². The molecule has 0 aliphatic rings. The third kappa shape index (κ3) is 2.31. The van der Waals surface area contributed by atoms with Crippen LogP contribution in [-0.4, -0.2) is 21.3 Å². The van der Waals surface area contributed by atoms with Crippen LogP contribution in [0, 0.1) is 6.92 Å². The number of carbonyl (C=O) groups excluding carboxylic acids is 1. The van der Waals surface area contributed by atoms with Crippen molar-refractivity contribution in [3.8, 4) is 0 Å². The summed E-state index contributed by atoms with van der Waals surface area (Å²) in [6.45, 7) is 1.75. The number of nitrogens with one attached hydrogen (secondary N) is 1. The van der Waals surface area contributed by atoms with Crippen molar-refractivity contribution < 1.29 is 9.32 Å². The number of nitrogens with zero attached hydrogens (tertiary/aromatic N) is 3. The second-order valence-corrected chi connectivity index (χ2v) is 4.21. The number of hydrogen-bond acceptors (Lipinski definition) is 6. The Morgan fingerprint density at radius 1 is 1.60 bits per heavy atom. The Morgan fingerprint density at radius 2 is 2.40 bits per heavy atom. The highest BCUT2D eigenvalue weighted by Gasteiger charge is 2.13. The fourth-order valence-corrected chi connectivity index (χ4v) is 1.61. The molecule has 0 saturated carbocycles. The lowest BCUT2D eigenvalue weighted by Crippen LogP contribution is -2.10. The number of amides is 1. The predicted octanol–water partition coefficient (Wildman–Crippen LogP) is 1.74. The van der Waals surface area contributed by atoms with Crippen molar-refractivity contribution >= 4 is 34.7 Å². The molecule has 2 rings (SSSR count). The molecule has 0 aromatic carbocycles. The number of anilines is 1. The Morgan fingerprint density at radius 3 is 2.93 bits per heavy atom. The van der Waals surface area contributed by atoms with Crippen LogP contribution in [0.5, 0.6) is 0 Å². The second kappa shape index (κ2) is 3.95. The zero-order valence-corrected chi connectivity index (χ0v) is 9.09. The van der Waals surface area contributed by atoms with Crippen LogP contribution < -0.4 is 5.32 Å². The summed E-state index contributed by atoms with van der Waals surface area (Å²) in [5.41, 5.74) is 0.681. The fraction of sp³-hybridized carbons (Fsp3) is 0.143. The van der Waals surface area contributed by atoms with E-state index >= 15 is 0 Å². The molecule has 0 bridgehead atoms. The average Bonchev–Trinajstić information content (AvgIpc) is 2.75. The molecule has 6 nitrogen and oxygen atoms in total. The van der Waals surface area contributed by atoms with Crippen molar-refractivity contribution in [1.82, 2.24) is 15.4 Å². The van der Waals surface area contributed by atoms with Crippen LogP contribution in [0.1, 0.15) is 15.5 Å². The van der Waals surface area contributed by atoms with Gasteiger partial charge >= 0.3 is 0 Å². The number of halogens is 1. The molecule has 0 unspecified atom stereocenters. The van der Waals surface area contributed by atoms with Crippen LogP contribution >= 0.6 is 22.9 Å². The van der Waals surface area contributed by atoms with Crippen molar-refractivity contribution in [2.75, 3.05) is 5.32 Å². The van der Waals surface area contributed by atoms with E-state index < -0.39 is 5.91 Å². The summed E-state index contributed by atoms with van der Waals surface area (Å²) >= 11 is 6.53. The first kappa shape index (κ1) is 10.1. The van der Waals surface area contributed by atoms with Gasteiger partial charge in [0.15, 0.2) is 0 Å². The van der Waals surface area contributed by atoms with E-state index in [1.54, 1.807) is 13.0 Å². The van der Waals surface area contributed by atoms with Gasteiger partial charge in [0.05, 0.1) is 5.69 Å². The number of rotatable bonds is 2. The largest absolute Gasteiger partial charge is 0.338 e. The number of carbonyl (C=O) groups is 1. The molecule has 8 heteroatoms. The molecular weight excluding hydrogens is 240 g/mol. The van der Waals surface area contributed by atoms with Crippen LogP contribution in [0.4, 0.5) is 5.88 Å². The van der Waals surface area contributed by atoms with E-state index in [0.29, 0.717) is 5.69 Å². The van der Waals surface area contributed by atoms with Crippen LogP contribution in [0.15, 0.2) is 10.6 Å². The Balaban J connectivity index is 2.10.